The van der Waals surface area contributed by atoms with Crippen LogP contribution in [0.2, 0.25) is 0 Å². The first-order valence-electron chi connectivity index (χ1n) is 7.44. The van der Waals surface area contributed by atoms with E-state index >= 15 is 0 Å². The van der Waals surface area contributed by atoms with Crippen molar-refractivity contribution in [2.24, 2.45) is 0 Å². The summed E-state index contributed by atoms with van der Waals surface area (Å²) >= 11 is 0. The second kappa shape index (κ2) is 7.11. The minimum Gasteiger partial charge on any atom is -0.507 e. The van der Waals surface area contributed by atoms with Crippen LogP contribution in [0.15, 0.2) is 42.5 Å². The van der Waals surface area contributed by atoms with Crippen molar-refractivity contribution in [1.29, 1.82) is 0 Å². The maximum atomic E-state index is 13.0. The van der Waals surface area contributed by atoms with Crippen molar-refractivity contribution in [1.82, 2.24) is 0 Å². The van der Waals surface area contributed by atoms with Crippen molar-refractivity contribution in [2.75, 3.05) is 5.32 Å². The van der Waals surface area contributed by atoms with Crippen LogP contribution in [0.5, 0.6) is 5.75 Å². The number of anilines is 1. The van der Waals surface area contributed by atoms with Gasteiger partial charge in [0, 0.05) is 17.3 Å². The Morgan fingerprint density at radius 3 is 2.48 bits per heavy atom. The van der Waals surface area contributed by atoms with Gasteiger partial charge in [0.2, 0.25) is 0 Å². The maximum Gasteiger partial charge on any atom is 0.126 e. The SMILES string of the molecule is CCCCc1ccc(NC(C)c2ccc(F)cc2O)cc1. The average molecular weight is 287 g/mol. The zero-order valence-corrected chi connectivity index (χ0v) is 12.6. The smallest absolute Gasteiger partial charge is 0.126 e. The quantitative estimate of drug-likeness (QED) is 0.779. The summed E-state index contributed by atoms with van der Waals surface area (Å²) in [6, 6.07) is 12.3. The Hall–Kier alpha value is -2.03. The van der Waals surface area contributed by atoms with Gasteiger partial charge in [0.15, 0.2) is 0 Å². The first kappa shape index (κ1) is 15.4. The molecule has 112 valence electrons. The molecule has 0 saturated carbocycles. The van der Waals surface area contributed by atoms with E-state index in [-0.39, 0.29) is 11.8 Å². The van der Waals surface area contributed by atoms with Crippen LogP contribution in [0, 0.1) is 5.82 Å². The van der Waals surface area contributed by atoms with Gasteiger partial charge in [-0.1, -0.05) is 31.5 Å². The number of nitrogens with one attached hydrogen (secondary N) is 1. The highest BCUT2D eigenvalue weighted by molar-refractivity contribution is 5.48. The molecule has 0 aliphatic heterocycles. The first-order chi connectivity index (χ1) is 10.1. The van der Waals surface area contributed by atoms with Gasteiger partial charge in [0.05, 0.1) is 6.04 Å². The number of rotatable bonds is 6. The summed E-state index contributed by atoms with van der Waals surface area (Å²) in [6.45, 7) is 4.13. The molecular formula is C18H22FNO. The molecule has 1 unspecified atom stereocenters. The zero-order valence-electron chi connectivity index (χ0n) is 12.6. The van der Waals surface area contributed by atoms with Crippen LogP contribution >= 0.6 is 0 Å². The van der Waals surface area contributed by atoms with E-state index in [1.807, 2.05) is 19.1 Å². The van der Waals surface area contributed by atoms with Crippen molar-refractivity contribution in [3.05, 3.63) is 59.4 Å². The number of hydrogen-bond acceptors (Lipinski definition) is 2. The molecular weight excluding hydrogens is 265 g/mol. The molecule has 2 aromatic carbocycles. The van der Waals surface area contributed by atoms with Crippen LogP contribution in [0.3, 0.4) is 0 Å². The third-order valence-corrected chi connectivity index (χ3v) is 3.62. The molecule has 3 heteroatoms. The van der Waals surface area contributed by atoms with E-state index in [0.29, 0.717) is 5.56 Å². The van der Waals surface area contributed by atoms with Gasteiger partial charge in [-0.3, -0.25) is 0 Å². The molecule has 2 N–H and O–H groups in total. The van der Waals surface area contributed by atoms with Crippen LogP contribution in [0.4, 0.5) is 10.1 Å². The number of phenolic OH excluding ortho intramolecular Hbond substituents is 1. The molecule has 0 spiro atoms. The molecule has 21 heavy (non-hydrogen) atoms. The fraction of sp³-hybridized carbons (Fsp3) is 0.333. The predicted octanol–water partition coefficient (Wildman–Crippen LogP) is 5.05. The van der Waals surface area contributed by atoms with Gasteiger partial charge in [0.1, 0.15) is 11.6 Å². The summed E-state index contributed by atoms with van der Waals surface area (Å²) in [4.78, 5) is 0. The number of unbranched alkanes of at least 4 members (excludes halogenated alkanes) is 1. The topological polar surface area (TPSA) is 32.3 Å². The number of phenols is 1. The van der Waals surface area contributed by atoms with Crippen molar-refractivity contribution in [2.45, 2.75) is 39.2 Å². The summed E-state index contributed by atoms with van der Waals surface area (Å²) in [5.74, 6) is -0.446. The first-order valence-corrected chi connectivity index (χ1v) is 7.44. The van der Waals surface area contributed by atoms with Crippen LogP contribution in [0.1, 0.15) is 43.9 Å². The van der Waals surface area contributed by atoms with Gasteiger partial charge in [-0.25, -0.2) is 4.39 Å². The molecule has 0 bridgehead atoms. The number of benzene rings is 2. The second-order valence-electron chi connectivity index (χ2n) is 5.37. The van der Waals surface area contributed by atoms with E-state index in [0.717, 1.165) is 18.2 Å². The summed E-state index contributed by atoms with van der Waals surface area (Å²) in [6.07, 6.45) is 3.50. The predicted molar refractivity (Wildman–Crippen MR) is 85.2 cm³/mol. The third kappa shape index (κ3) is 4.22. The van der Waals surface area contributed by atoms with Crippen LogP contribution in [-0.4, -0.2) is 5.11 Å². The Morgan fingerprint density at radius 1 is 1.14 bits per heavy atom. The lowest BCUT2D eigenvalue weighted by Gasteiger charge is -2.17. The van der Waals surface area contributed by atoms with Crippen molar-refractivity contribution in [3.8, 4) is 5.75 Å². The molecule has 2 rings (SSSR count). The van der Waals surface area contributed by atoms with Crippen molar-refractivity contribution < 1.29 is 9.50 Å². The second-order valence-corrected chi connectivity index (χ2v) is 5.37. The standard InChI is InChI=1S/C18H22FNO/c1-3-4-5-14-6-9-16(10-7-14)20-13(2)17-11-8-15(19)12-18(17)21/h6-13,20-21H,3-5H2,1-2H3. The van der Waals surface area contributed by atoms with E-state index in [1.165, 1.54) is 24.5 Å². The molecule has 0 amide bonds. The van der Waals surface area contributed by atoms with Crippen LogP contribution < -0.4 is 5.32 Å². The zero-order chi connectivity index (χ0) is 15.2. The highest BCUT2D eigenvalue weighted by atomic mass is 19.1. The Bertz CT molecular complexity index is 580. The Labute approximate surface area is 125 Å². The minimum atomic E-state index is -0.427. The fourth-order valence-corrected chi connectivity index (χ4v) is 2.36. The lowest BCUT2D eigenvalue weighted by molar-refractivity contribution is 0.459. The van der Waals surface area contributed by atoms with Gasteiger partial charge in [0.25, 0.3) is 0 Å². The number of halogens is 1. The third-order valence-electron chi connectivity index (χ3n) is 3.62. The molecule has 0 fully saturated rings. The van der Waals surface area contributed by atoms with Gasteiger partial charge >= 0.3 is 0 Å². The number of aromatic hydroxyl groups is 1. The minimum absolute atomic E-state index is 0.0189. The largest absolute Gasteiger partial charge is 0.507 e. The number of aryl methyl sites for hydroxylation is 1. The molecule has 2 aromatic rings. The van der Waals surface area contributed by atoms with Crippen molar-refractivity contribution in [3.63, 3.8) is 0 Å². The fourth-order valence-electron chi connectivity index (χ4n) is 2.36. The molecule has 0 saturated heterocycles. The van der Waals surface area contributed by atoms with Gasteiger partial charge in [-0.15, -0.1) is 0 Å². The van der Waals surface area contributed by atoms with Gasteiger partial charge in [-0.05, 0) is 43.5 Å². The van der Waals surface area contributed by atoms with E-state index < -0.39 is 5.82 Å². The molecule has 0 radical (unpaired) electrons. The molecule has 0 aliphatic rings. The average Bonchev–Trinajstić information content (AvgIpc) is 2.46. The van der Waals surface area contributed by atoms with Crippen molar-refractivity contribution >= 4 is 5.69 Å². The summed E-state index contributed by atoms with van der Waals surface area (Å²) < 4.78 is 13.0. The summed E-state index contributed by atoms with van der Waals surface area (Å²) in [5.41, 5.74) is 3.01. The highest BCUT2D eigenvalue weighted by Gasteiger charge is 2.11. The number of hydrogen-bond donors (Lipinski definition) is 2. The Morgan fingerprint density at radius 2 is 1.86 bits per heavy atom. The van der Waals surface area contributed by atoms with E-state index in [2.05, 4.69) is 24.4 Å². The van der Waals surface area contributed by atoms with E-state index in [4.69, 9.17) is 0 Å². The maximum absolute atomic E-state index is 13.0. The van der Waals surface area contributed by atoms with E-state index in [9.17, 15) is 9.50 Å². The highest BCUT2D eigenvalue weighted by Crippen LogP contribution is 2.27. The van der Waals surface area contributed by atoms with Crippen LogP contribution in [-0.2, 0) is 6.42 Å². The van der Waals surface area contributed by atoms with Gasteiger partial charge < -0.3 is 10.4 Å². The van der Waals surface area contributed by atoms with Crippen LogP contribution in [0.25, 0.3) is 0 Å². The monoisotopic (exact) mass is 287 g/mol. The normalized spacial score (nSPS) is 12.1. The molecule has 0 aromatic heterocycles. The molecule has 0 aliphatic carbocycles. The lowest BCUT2D eigenvalue weighted by Crippen LogP contribution is -2.07. The molecule has 2 nitrogen and oxygen atoms in total. The van der Waals surface area contributed by atoms with E-state index in [1.54, 1.807) is 6.07 Å². The Balaban J connectivity index is 2.03. The Kier molecular flexibility index (Phi) is 5.20. The molecule has 0 heterocycles. The lowest BCUT2D eigenvalue weighted by atomic mass is 10.1. The molecule has 1 atom stereocenters. The van der Waals surface area contributed by atoms with Gasteiger partial charge in [-0.2, -0.15) is 0 Å². The summed E-state index contributed by atoms with van der Waals surface area (Å²) in [5, 5.41) is 13.1. The summed E-state index contributed by atoms with van der Waals surface area (Å²) in [7, 11) is 0.